The lowest BCUT2D eigenvalue weighted by Gasteiger charge is -2.22. The summed E-state index contributed by atoms with van der Waals surface area (Å²) in [5.41, 5.74) is 14.6. The number of hydrogen-bond acceptors (Lipinski definition) is 1. The molecule has 0 atom stereocenters. The second-order valence-electron chi connectivity index (χ2n) is 16.0. The molecule has 0 unspecified atom stereocenters. The lowest BCUT2D eigenvalue weighted by Crippen LogP contribution is -2.14. The van der Waals surface area contributed by atoms with Gasteiger partial charge >= 0.3 is 0 Å². The first-order chi connectivity index (χ1) is 27.5. The number of hydrogen-bond donors (Lipinski definition) is 0. The smallest absolute Gasteiger partial charge is 0.136 e. The molecule has 0 fully saturated rings. The molecule has 262 valence electrons. The van der Waals surface area contributed by atoms with Crippen molar-refractivity contribution in [2.45, 2.75) is 19.3 Å². The van der Waals surface area contributed by atoms with E-state index in [0.717, 1.165) is 11.2 Å². The molecule has 0 aliphatic heterocycles. The predicted octanol–water partition coefficient (Wildman–Crippen LogP) is 15.5. The molecular weight excluding hydrogens is 677 g/mol. The minimum absolute atomic E-state index is 0.133. The van der Waals surface area contributed by atoms with Gasteiger partial charge in [-0.3, -0.25) is 0 Å². The van der Waals surface area contributed by atoms with E-state index in [1.165, 1.54) is 109 Å². The van der Waals surface area contributed by atoms with Gasteiger partial charge in [0.2, 0.25) is 0 Å². The highest BCUT2D eigenvalue weighted by molar-refractivity contribution is 6.25. The Morgan fingerprint density at radius 1 is 0.339 bits per heavy atom. The summed E-state index contributed by atoms with van der Waals surface area (Å²) < 4.78 is 6.42. The van der Waals surface area contributed by atoms with E-state index >= 15 is 0 Å². The van der Waals surface area contributed by atoms with Crippen molar-refractivity contribution in [3.63, 3.8) is 0 Å². The fraction of sp³-hybridized carbons (Fsp3) is 0.0545. The molecule has 1 nitrogen and oxygen atoms in total. The van der Waals surface area contributed by atoms with Crippen LogP contribution in [0.25, 0.3) is 110 Å². The monoisotopic (exact) mass is 712 g/mol. The van der Waals surface area contributed by atoms with Crippen molar-refractivity contribution in [1.29, 1.82) is 0 Å². The summed E-state index contributed by atoms with van der Waals surface area (Å²) in [6.07, 6.45) is 0. The molecule has 12 rings (SSSR count). The van der Waals surface area contributed by atoms with Crippen LogP contribution in [0.5, 0.6) is 0 Å². The van der Waals surface area contributed by atoms with E-state index in [4.69, 9.17) is 4.42 Å². The molecule has 11 aromatic rings. The van der Waals surface area contributed by atoms with Crippen molar-refractivity contribution < 1.29 is 4.42 Å². The molecule has 0 bridgehead atoms. The minimum Gasteiger partial charge on any atom is -0.456 e. The SMILES string of the molecule is CC1(C)c2ccc(-c3cccc(-c4c5ccccc5c(-c5ccc6ccccc6c5)c5ccccc45)c3)cc2-c2c1ccc1ccc3oc4ccccc4c3c21. The first-order valence-electron chi connectivity index (χ1n) is 19.6. The standard InChI is InChI=1S/C55H36O/c1-55(2)46-27-25-37(32-45(46)53-47(55)28-24-34-26-29-49-54(52(34)53)44-20-9-10-21-48(44)56-49)36-14-11-15-38(31-36)50-40-16-5-7-18-42(40)51(43-19-8-6-17-41(43)50)39-23-22-33-12-3-4-13-35(33)30-39/h3-32H,1-2H3. The summed E-state index contributed by atoms with van der Waals surface area (Å²) in [5, 5.41) is 12.5. The van der Waals surface area contributed by atoms with Gasteiger partial charge in [-0.05, 0) is 124 Å². The average Bonchev–Trinajstić information content (AvgIpc) is 3.74. The molecule has 1 heterocycles. The summed E-state index contributed by atoms with van der Waals surface area (Å²) in [4.78, 5) is 0. The quantitative estimate of drug-likeness (QED) is 0.166. The van der Waals surface area contributed by atoms with Gasteiger partial charge in [0.1, 0.15) is 11.2 Å². The molecule has 0 saturated heterocycles. The number of furan rings is 1. The molecule has 56 heavy (non-hydrogen) atoms. The molecule has 0 saturated carbocycles. The van der Waals surface area contributed by atoms with Crippen molar-refractivity contribution >= 4 is 65.0 Å². The molecule has 0 spiro atoms. The van der Waals surface area contributed by atoms with Crippen molar-refractivity contribution in [3.05, 3.63) is 193 Å². The van der Waals surface area contributed by atoms with Gasteiger partial charge in [0.15, 0.2) is 0 Å². The zero-order valence-corrected chi connectivity index (χ0v) is 31.2. The van der Waals surface area contributed by atoms with Crippen molar-refractivity contribution in [1.82, 2.24) is 0 Å². The lowest BCUT2D eigenvalue weighted by atomic mass is 9.81. The van der Waals surface area contributed by atoms with Crippen LogP contribution in [0.4, 0.5) is 0 Å². The van der Waals surface area contributed by atoms with Gasteiger partial charge in [0.25, 0.3) is 0 Å². The highest BCUT2D eigenvalue weighted by atomic mass is 16.3. The van der Waals surface area contributed by atoms with E-state index in [2.05, 4.69) is 196 Å². The normalized spacial score (nSPS) is 13.3. The molecule has 0 N–H and O–H groups in total. The second kappa shape index (κ2) is 11.5. The summed E-state index contributed by atoms with van der Waals surface area (Å²) in [7, 11) is 0. The Bertz CT molecular complexity index is 3390. The van der Waals surface area contributed by atoms with Gasteiger partial charge in [-0.25, -0.2) is 0 Å². The highest BCUT2D eigenvalue weighted by Gasteiger charge is 2.37. The zero-order valence-electron chi connectivity index (χ0n) is 31.2. The maximum Gasteiger partial charge on any atom is 0.136 e. The van der Waals surface area contributed by atoms with E-state index in [-0.39, 0.29) is 5.41 Å². The van der Waals surface area contributed by atoms with Gasteiger partial charge in [0.05, 0.1) is 0 Å². The van der Waals surface area contributed by atoms with Crippen LogP contribution in [0.3, 0.4) is 0 Å². The Kier molecular flexibility index (Phi) is 6.46. The molecule has 1 aliphatic rings. The largest absolute Gasteiger partial charge is 0.456 e. The maximum absolute atomic E-state index is 6.42. The van der Waals surface area contributed by atoms with Crippen LogP contribution in [-0.2, 0) is 5.41 Å². The van der Waals surface area contributed by atoms with Crippen LogP contribution in [-0.4, -0.2) is 0 Å². The van der Waals surface area contributed by atoms with Crippen LogP contribution >= 0.6 is 0 Å². The number of para-hydroxylation sites is 1. The fourth-order valence-corrected chi connectivity index (χ4v) is 10.0. The third kappa shape index (κ3) is 4.37. The van der Waals surface area contributed by atoms with Crippen LogP contribution in [0.1, 0.15) is 25.0 Å². The minimum atomic E-state index is -0.133. The number of rotatable bonds is 3. The second-order valence-corrected chi connectivity index (χ2v) is 16.0. The summed E-state index contributed by atoms with van der Waals surface area (Å²) >= 11 is 0. The first kappa shape index (κ1) is 31.4. The molecule has 0 radical (unpaired) electrons. The Balaban J connectivity index is 1.07. The Morgan fingerprint density at radius 3 is 1.64 bits per heavy atom. The molecular formula is C55H36O. The van der Waals surface area contributed by atoms with Crippen LogP contribution in [0.15, 0.2) is 186 Å². The number of fused-ring (bicyclic) bond motifs is 12. The third-order valence-electron chi connectivity index (χ3n) is 12.6. The van der Waals surface area contributed by atoms with Crippen molar-refractivity contribution in [2.24, 2.45) is 0 Å². The molecule has 0 amide bonds. The Hall–Kier alpha value is -6.96. The molecule has 1 aliphatic carbocycles. The van der Waals surface area contributed by atoms with Gasteiger partial charge in [0, 0.05) is 21.6 Å². The van der Waals surface area contributed by atoms with E-state index in [1.54, 1.807) is 0 Å². The van der Waals surface area contributed by atoms with Crippen LogP contribution < -0.4 is 0 Å². The molecule has 10 aromatic carbocycles. The van der Waals surface area contributed by atoms with E-state index in [9.17, 15) is 0 Å². The lowest BCUT2D eigenvalue weighted by molar-refractivity contribution is 0.661. The summed E-state index contributed by atoms with van der Waals surface area (Å²) in [6, 6.07) is 67.2. The van der Waals surface area contributed by atoms with Gasteiger partial charge in [-0.2, -0.15) is 0 Å². The first-order valence-corrected chi connectivity index (χ1v) is 19.6. The summed E-state index contributed by atoms with van der Waals surface area (Å²) in [6.45, 7) is 4.74. The van der Waals surface area contributed by atoms with E-state index in [1.807, 2.05) is 0 Å². The fourth-order valence-electron chi connectivity index (χ4n) is 10.0. The molecule has 1 aromatic heterocycles. The summed E-state index contributed by atoms with van der Waals surface area (Å²) in [5.74, 6) is 0. The maximum atomic E-state index is 6.42. The van der Waals surface area contributed by atoms with E-state index in [0.29, 0.717) is 0 Å². The Labute approximate surface area is 325 Å². The van der Waals surface area contributed by atoms with Crippen molar-refractivity contribution in [2.75, 3.05) is 0 Å². The predicted molar refractivity (Wildman–Crippen MR) is 238 cm³/mol. The number of benzene rings is 10. The third-order valence-corrected chi connectivity index (χ3v) is 12.6. The van der Waals surface area contributed by atoms with Gasteiger partial charge in [-0.15, -0.1) is 0 Å². The van der Waals surface area contributed by atoms with Gasteiger partial charge in [-0.1, -0.05) is 166 Å². The molecule has 1 heteroatoms. The van der Waals surface area contributed by atoms with Crippen molar-refractivity contribution in [3.8, 4) is 44.5 Å². The highest BCUT2D eigenvalue weighted by Crippen LogP contribution is 2.54. The topological polar surface area (TPSA) is 13.1 Å². The average molecular weight is 713 g/mol. The van der Waals surface area contributed by atoms with E-state index < -0.39 is 0 Å². The van der Waals surface area contributed by atoms with Crippen LogP contribution in [0, 0.1) is 0 Å². The van der Waals surface area contributed by atoms with Crippen LogP contribution in [0.2, 0.25) is 0 Å². The van der Waals surface area contributed by atoms with Gasteiger partial charge < -0.3 is 4.42 Å². The zero-order chi connectivity index (χ0) is 37.1. The Morgan fingerprint density at radius 2 is 0.893 bits per heavy atom.